The minimum absolute atomic E-state index is 0.356. The average Bonchev–Trinajstić information content (AvgIpc) is 2.86. The summed E-state index contributed by atoms with van der Waals surface area (Å²) >= 11 is 0. The fraction of sp³-hybridized carbons (Fsp3) is 0.478. The molecule has 1 saturated carbocycles. The van der Waals surface area contributed by atoms with Crippen molar-refractivity contribution in [2.24, 2.45) is 0 Å². The first kappa shape index (κ1) is 20.3. The number of hydrogen-bond donors (Lipinski definition) is 1. The molecule has 0 atom stereocenters. The van der Waals surface area contributed by atoms with Crippen LogP contribution < -0.4 is 0 Å². The molecule has 1 fully saturated rings. The lowest BCUT2D eigenvalue weighted by Crippen LogP contribution is -2.24. The second-order valence-corrected chi connectivity index (χ2v) is 6.64. The van der Waals surface area contributed by atoms with Crippen LogP contribution in [0.15, 0.2) is 60.4 Å². The van der Waals surface area contributed by atoms with Crippen molar-refractivity contribution in [3.63, 3.8) is 0 Å². The van der Waals surface area contributed by atoms with E-state index in [-0.39, 0.29) is 0 Å². The van der Waals surface area contributed by atoms with Crippen LogP contribution >= 0.6 is 0 Å². The molecule has 1 nitrogen and oxygen atoms in total. The molecule has 132 valence electrons. The number of benzene rings is 1. The molecule has 2 aliphatic carbocycles. The molecule has 0 bridgehead atoms. The molecule has 1 N–H and O–H groups in total. The number of rotatable bonds is 1. The molecule has 24 heavy (non-hydrogen) atoms. The van der Waals surface area contributed by atoms with E-state index in [0.29, 0.717) is 11.2 Å². The Kier molecular flexibility index (Phi) is 9.22. The van der Waals surface area contributed by atoms with Gasteiger partial charge in [-0.15, -0.1) is 0 Å². The van der Waals surface area contributed by atoms with Gasteiger partial charge in [-0.25, -0.2) is 0 Å². The highest BCUT2D eigenvalue weighted by Crippen LogP contribution is 2.38. The summed E-state index contributed by atoms with van der Waals surface area (Å²) in [5.41, 5.74) is 3.38. The largest absolute Gasteiger partial charge is 0.508 e. The second kappa shape index (κ2) is 10.9. The summed E-state index contributed by atoms with van der Waals surface area (Å²) in [6, 6.07) is 9.13. The summed E-state index contributed by atoms with van der Waals surface area (Å²) < 4.78 is 0. The van der Waals surface area contributed by atoms with E-state index in [9.17, 15) is 0 Å². The predicted octanol–water partition coefficient (Wildman–Crippen LogP) is 7.19. The Bertz CT molecular complexity index is 537. The summed E-state index contributed by atoms with van der Waals surface area (Å²) in [7, 11) is 0. The highest BCUT2D eigenvalue weighted by molar-refractivity contribution is 5.28. The van der Waals surface area contributed by atoms with Crippen LogP contribution in [0.25, 0.3) is 0 Å². The lowest BCUT2D eigenvalue weighted by atomic mass is 9.71. The van der Waals surface area contributed by atoms with E-state index in [4.69, 9.17) is 5.11 Å². The molecular weight excluding hydrogens is 292 g/mol. The van der Waals surface area contributed by atoms with Crippen molar-refractivity contribution in [2.45, 2.75) is 71.6 Å². The molecule has 3 rings (SSSR count). The van der Waals surface area contributed by atoms with E-state index in [1.165, 1.54) is 37.7 Å². The molecule has 0 spiro atoms. The van der Waals surface area contributed by atoms with Gasteiger partial charge in [0.15, 0.2) is 0 Å². The maximum atomic E-state index is 8.82. The van der Waals surface area contributed by atoms with E-state index in [2.05, 4.69) is 38.1 Å². The van der Waals surface area contributed by atoms with E-state index in [1.807, 2.05) is 32.1 Å². The number of aliphatic hydroxyl groups excluding tert-OH is 1. The summed E-state index contributed by atoms with van der Waals surface area (Å²) in [6.45, 7) is 8.59. The van der Waals surface area contributed by atoms with Gasteiger partial charge in [-0.3, -0.25) is 0 Å². The summed E-state index contributed by atoms with van der Waals surface area (Å²) in [6.07, 6.45) is 17.0. The van der Waals surface area contributed by atoms with Crippen LogP contribution in [0.1, 0.15) is 70.4 Å². The van der Waals surface area contributed by atoms with Crippen molar-refractivity contribution in [1.82, 2.24) is 0 Å². The number of allylic oxidation sites excluding steroid dienone is 5. The third kappa shape index (κ3) is 6.78. The van der Waals surface area contributed by atoms with Gasteiger partial charge < -0.3 is 5.11 Å². The second-order valence-electron chi connectivity index (χ2n) is 6.64. The normalized spacial score (nSPS) is 18.2. The molecule has 0 aliphatic heterocycles. The van der Waals surface area contributed by atoms with Gasteiger partial charge in [-0.2, -0.15) is 0 Å². The van der Waals surface area contributed by atoms with Crippen LogP contribution in [-0.2, 0) is 5.41 Å². The van der Waals surface area contributed by atoms with Gasteiger partial charge in [0, 0.05) is 0 Å². The monoisotopic (exact) mass is 326 g/mol. The molecule has 0 heterocycles. The van der Waals surface area contributed by atoms with Crippen molar-refractivity contribution >= 4 is 0 Å². The molecule has 0 amide bonds. The van der Waals surface area contributed by atoms with Crippen LogP contribution in [0, 0.1) is 6.92 Å². The molecule has 2 aliphatic rings. The summed E-state index contributed by atoms with van der Waals surface area (Å²) in [4.78, 5) is 0. The van der Waals surface area contributed by atoms with Crippen molar-refractivity contribution in [3.8, 4) is 0 Å². The Morgan fingerprint density at radius 3 is 2.17 bits per heavy atom. The van der Waals surface area contributed by atoms with E-state index in [1.54, 1.807) is 17.7 Å². The van der Waals surface area contributed by atoms with Gasteiger partial charge in [-0.1, -0.05) is 88.1 Å². The minimum Gasteiger partial charge on any atom is -0.508 e. The highest BCUT2D eigenvalue weighted by atomic mass is 16.3. The number of aryl methyl sites for hydroxylation is 1. The third-order valence-corrected chi connectivity index (χ3v) is 4.68. The van der Waals surface area contributed by atoms with Gasteiger partial charge >= 0.3 is 0 Å². The molecule has 0 aromatic heterocycles. The van der Waals surface area contributed by atoms with Crippen LogP contribution in [-0.4, -0.2) is 5.11 Å². The Morgan fingerprint density at radius 1 is 0.917 bits per heavy atom. The zero-order chi connectivity index (χ0) is 17.8. The quantitative estimate of drug-likeness (QED) is 0.579. The first-order valence-electron chi connectivity index (χ1n) is 9.40. The molecule has 0 unspecified atom stereocenters. The summed E-state index contributed by atoms with van der Waals surface area (Å²) in [5, 5.41) is 8.82. The van der Waals surface area contributed by atoms with Crippen molar-refractivity contribution < 1.29 is 5.11 Å². The molecular formula is C23H34O. The molecule has 1 aromatic carbocycles. The number of aliphatic hydroxyl groups is 1. The Labute approximate surface area is 148 Å². The maximum Gasteiger partial charge on any atom is 0.111 e. The smallest absolute Gasteiger partial charge is 0.111 e. The lowest BCUT2D eigenvalue weighted by molar-refractivity contribution is 0.319. The van der Waals surface area contributed by atoms with Crippen LogP contribution in [0.5, 0.6) is 0 Å². The maximum absolute atomic E-state index is 8.82. The van der Waals surface area contributed by atoms with E-state index >= 15 is 0 Å². The first-order valence-corrected chi connectivity index (χ1v) is 9.40. The van der Waals surface area contributed by atoms with Gasteiger partial charge in [0.2, 0.25) is 0 Å². The van der Waals surface area contributed by atoms with Gasteiger partial charge in [-0.05, 0) is 49.3 Å². The van der Waals surface area contributed by atoms with Gasteiger partial charge in [0.1, 0.15) is 5.76 Å². The van der Waals surface area contributed by atoms with E-state index < -0.39 is 0 Å². The molecule has 0 saturated heterocycles. The van der Waals surface area contributed by atoms with Gasteiger partial charge in [0.05, 0.1) is 0 Å². The predicted molar refractivity (Wildman–Crippen MR) is 107 cm³/mol. The minimum atomic E-state index is 0.356. The van der Waals surface area contributed by atoms with Gasteiger partial charge in [0.25, 0.3) is 0 Å². The Balaban J connectivity index is 0.000000245. The van der Waals surface area contributed by atoms with Crippen molar-refractivity contribution in [1.29, 1.82) is 0 Å². The molecule has 0 radical (unpaired) electrons. The SMILES string of the molecule is CC.Cc1ccc(C2(C)CCCCC2)cc1.OC1=CCC=CC=C1. The van der Waals surface area contributed by atoms with Crippen molar-refractivity contribution in [2.75, 3.05) is 0 Å². The van der Waals surface area contributed by atoms with Crippen molar-refractivity contribution in [3.05, 3.63) is 71.5 Å². The zero-order valence-corrected chi connectivity index (χ0v) is 15.9. The first-order chi connectivity index (χ1) is 11.6. The zero-order valence-electron chi connectivity index (χ0n) is 15.9. The molecule has 1 heteroatoms. The van der Waals surface area contributed by atoms with E-state index in [0.717, 1.165) is 6.42 Å². The van der Waals surface area contributed by atoms with Crippen LogP contribution in [0.3, 0.4) is 0 Å². The highest BCUT2D eigenvalue weighted by Gasteiger charge is 2.28. The Hall–Kier alpha value is -1.76. The Morgan fingerprint density at radius 2 is 1.54 bits per heavy atom. The van der Waals surface area contributed by atoms with Crippen LogP contribution in [0.2, 0.25) is 0 Å². The summed E-state index contributed by atoms with van der Waals surface area (Å²) in [5.74, 6) is 0.356. The average molecular weight is 327 g/mol. The topological polar surface area (TPSA) is 20.2 Å². The standard InChI is InChI=1S/C14H20.C7H8O.C2H6/c1-12-6-8-13(9-7-12)14(2)10-4-3-5-11-14;8-7-5-3-1-2-4-6-7;1-2/h6-9H,3-5,10-11H2,1-2H3;1-3,5-6,8H,4H2;1-2H3. The lowest BCUT2D eigenvalue weighted by Gasteiger charge is -2.34. The fourth-order valence-electron chi connectivity index (χ4n) is 3.14. The third-order valence-electron chi connectivity index (χ3n) is 4.68. The molecule has 1 aromatic rings. The van der Waals surface area contributed by atoms with Crippen LogP contribution in [0.4, 0.5) is 0 Å². The number of hydrogen-bond acceptors (Lipinski definition) is 1. The fourth-order valence-corrected chi connectivity index (χ4v) is 3.14.